The lowest BCUT2D eigenvalue weighted by atomic mass is 9.86. The molecule has 3 rings (SSSR count). The number of nitrogens with one attached hydrogen (secondary N) is 1. The van der Waals surface area contributed by atoms with Gasteiger partial charge >= 0.3 is 0 Å². The molecule has 25 heavy (non-hydrogen) atoms. The van der Waals surface area contributed by atoms with Crippen molar-refractivity contribution in [3.63, 3.8) is 0 Å². The molecule has 1 aliphatic carbocycles. The normalized spacial score (nSPS) is 20.2. The van der Waals surface area contributed by atoms with Gasteiger partial charge in [-0.25, -0.2) is 4.68 Å². The molecule has 1 fully saturated rings. The standard InChI is InChI=1S/C19H24N4O2/c1-12-5-3-4-6-16(12)22-19(25)15-10-21-23(18(15)20)17-9-14(11-24)8-7-13(17)2/h7-12,16H,3-6,20H2,1-2H3,(H,22,25). The largest absolute Gasteiger partial charge is 0.383 e. The maximum absolute atomic E-state index is 12.6. The monoisotopic (exact) mass is 340 g/mol. The van der Waals surface area contributed by atoms with Gasteiger partial charge in [-0.3, -0.25) is 9.59 Å². The highest BCUT2D eigenvalue weighted by Crippen LogP contribution is 2.25. The second-order valence-electron chi connectivity index (χ2n) is 6.86. The summed E-state index contributed by atoms with van der Waals surface area (Å²) in [7, 11) is 0. The van der Waals surface area contributed by atoms with Gasteiger partial charge in [-0.05, 0) is 37.3 Å². The first-order chi connectivity index (χ1) is 12.0. The van der Waals surface area contributed by atoms with Crippen molar-refractivity contribution in [2.45, 2.75) is 45.6 Å². The van der Waals surface area contributed by atoms with E-state index in [1.165, 1.54) is 17.3 Å². The lowest BCUT2D eigenvalue weighted by molar-refractivity contribution is 0.0911. The van der Waals surface area contributed by atoms with Crippen LogP contribution in [-0.2, 0) is 0 Å². The maximum atomic E-state index is 12.6. The number of anilines is 1. The fourth-order valence-corrected chi connectivity index (χ4v) is 3.43. The highest BCUT2D eigenvalue weighted by molar-refractivity contribution is 5.98. The Morgan fingerprint density at radius 2 is 2.12 bits per heavy atom. The molecular weight excluding hydrogens is 316 g/mol. The first kappa shape index (κ1) is 17.2. The molecule has 0 radical (unpaired) electrons. The van der Waals surface area contributed by atoms with Crippen LogP contribution in [0.3, 0.4) is 0 Å². The van der Waals surface area contributed by atoms with Crippen molar-refractivity contribution >= 4 is 18.0 Å². The summed E-state index contributed by atoms with van der Waals surface area (Å²) in [6, 6.07) is 5.48. The second-order valence-corrected chi connectivity index (χ2v) is 6.86. The van der Waals surface area contributed by atoms with E-state index >= 15 is 0 Å². The second kappa shape index (κ2) is 7.09. The van der Waals surface area contributed by atoms with Crippen LogP contribution in [0.25, 0.3) is 5.69 Å². The van der Waals surface area contributed by atoms with Crippen molar-refractivity contribution in [3.8, 4) is 5.69 Å². The van der Waals surface area contributed by atoms with Crippen molar-refractivity contribution in [1.29, 1.82) is 0 Å². The van der Waals surface area contributed by atoms with Crippen LogP contribution in [0, 0.1) is 12.8 Å². The van der Waals surface area contributed by atoms with Crippen LogP contribution < -0.4 is 11.1 Å². The fraction of sp³-hybridized carbons (Fsp3) is 0.421. The van der Waals surface area contributed by atoms with Crippen LogP contribution in [0.2, 0.25) is 0 Å². The fourth-order valence-electron chi connectivity index (χ4n) is 3.43. The van der Waals surface area contributed by atoms with E-state index in [0.717, 1.165) is 31.1 Å². The number of rotatable bonds is 4. The van der Waals surface area contributed by atoms with Crippen molar-refractivity contribution < 1.29 is 9.59 Å². The molecule has 1 saturated carbocycles. The van der Waals surface area contributed by atoms with E-state index in [0.29, 0.717) is 22.7 Å². The van der Waals surface area contributed by atoms with Gasteiger partial charge in [-0.15, -0.1) is 0 Å². The van der Waals surface area contributed by atoms with E-state index in [1.54, 1.807) is 12.1 Å². The van der Waals surface area contributed by atoms with Gasteiger partial charge in [0.05, 0.1) is 11.9 Å². The molecule has 2 atom stereocenters. The van der Waals surface area contributed by atoms with E-state index in [-0.39, 0.29) is 17.8 Å². The number of benzene rings is 1. The number of aromatic nitrogens is 2. The highest BCUT2D eigenvalue weighted by Gasteiger charge is 2.25. The lowest BCUT2D eigenvalue weighted by Crippen LogP contribution is -2.41. The summed E-state index contributed by atoms with van der Waals surface area (Å²) in [5.41, 5.74) is 8.72. The zero-order valence-electron chi connectivity index (χ0n) is 14.7. The number of aldehydes is 1. The molecule has 2 aromatic rings. The number of amides is 1. The summed E-state index contributed by atoms with van der Waals surface area (Å²) in [6.07, 6.45) is 6.77. The number of hydrogen-bond acceptors (Lipinski definition) is 4. The maximum Gasteiger partial charge on any atom is 0.256 e. The molecule has 0 spiro atoms. The third-order valence-electron chi connectivity index (χ3n) is 5.08. The van der Waals surface area contributed by atoms with Gasteiger partial charge in [-0.2, -0.15) is 5.10 Å². The van der Waals surface area contributed by atoms with Crippen LogP contribution in [0.1, 0.15) is 58.9 Å². The minimum atomic E-state index is -0.188. The number of carbonyl (C=O) groups excluding carboxylic acids is 2. The van der Waals surface area contributed by atoms with Gasteiger partial charge in [0.25, 0.3) is 5.91 Å². The minimum absolute atomic E-state index is 0.184. The summed E-state index contributed by atoms with van der Waals surface area (Å²) in [5, 5.41) is 7.37. The molecule has 1 aromatic heterocycles. The van der Waals surface area contributed by atoms with Crippen LogP contribution in [0.5, 0.6) is 0 Å². The molecular formula is C19H24N4O2. The predicted molar refractivity (Wildman–Crippen MR) is 97.0 cm³/mol. The Balaban J connectivity index is 1.86. The summed E-state index contributed by atoms with van der Waals surface area (Å²) < 4.78 is 1.52. The molecule has 0 aliphatic heterocycles. The zero-order valence-corrected chi connectivity index (χ0v) is 14.7. The molecule has 6 nitrogen and oxygen atoms in total. The van der Waals surface area contributed by atoms with Gasteiger partial charge in [0, 0.05) is 11.6 Å². The van der Waals surface area contributed by atoms with E-state index in [2.05, 4.69) is 17.3 Å². The first-order valence-corrected chi connectivity index (χ1v) is 8.72. The Kier molecular flexibility index (Phi) is 4.88. The third-order valence-corrected chi connectivity index (χ3v) is 5.08. The molecule has 2 unspecified atom stereocenters. The minimum Gasteiger partial charge on any atom is -0.383 e. The Morgan fingerprint density at radius 1 is 1.36 bits per heavy atom. The molecule has 1 amide bonds. The van der Waals surface area contributed by atoms with E-state index in [1.807, 2.05) is 13.0 Å². The molecule has 1 aliphatic rings. The third kappa shape index (κ3) is 3.43. The Labute approximate surface area is 147 Å². The van der Waals surface area contributed by atoms with Gasteiger partial charge in [0.2, 0.25) is 0 Å². The smallest absolute Gasteiger partial charge is 0.256 e. The van der Waals surface area contributed by atoms with Crippen LogP contribution in [0.4, 0.5) is 5.82 Å². The van der Waals surface area contributed by atoms with Crippen molar-refractivity contribution in [2.75, 3.05) is 5.73 Å². The molecule has 6 heteroatoms. The number of aryl methyl sites for hydroxylation is 1. The Hall–Kier alpha value is -2.63. The van der Waals surface area contributed by atoms with Gasteiger partial charge < -0.3 is 11.1 Å². The average Bonchev–Trinajstić information content (AvgIpc) is 2.99. The summed E-state index contributed by atoms with van der Waals surface area (Å²) >= 11 is 0. The Bertz CT molecular complexity index is 797. The number of carbonyl (C=O) groups is 2. The summed E-state index contributed by atoms with van der Waals surface area (Å²) in [5.74, 6) is 0.569. The van der Waals surface area contributed by atoms with Crippen molar-refractivity contribution in [1.82, 2.24) is 15.1 Å². The van der Waals surface area contributed by atoms with E-state index in [4.69, 9.17) is 5.73 Å². The van der Waals surface area contributed by atoms with Crippen molar-refractivity contribution in [3.05, 3.63) is 41.1 Å². The summed E-state index contributed by atoms with van der Waals surface area (Å²) in [4.78, 5) is 23.7. The first-order valence-electron chi connectivity index (χ1n) is 8.72. The van der Waals surface area contributed by atoms with Crippen molar-refractivity contribution in [2.24, 2.45) is 5.92 Å². The van der Waals surface area contributed by atoms with Crippen LogP contribution in [-0.4, -0.2) is 28.0 Å². The topological polar surface area (TPSA) is 90.0 Å². The quantitative estimate of drug-likeness (QED) is 0.838. The average molecular weight is 340 g/mol. The lowest BCUT2D eigenvalue weighted by Gasteiger charge is -2.29. The number of nitrogens with two attached hydrogens (primary N) is 1. The van der Waals surface area contributed by atoms with Gasteiger partial charge in [-0.1, -0.05) is 31.9 Å². The van der Waals surface area contributed by atoms with Gasteiger partial charge in [0.15, 0.2) is 0 Å². The SMILES string of the molecule is Cc1ccc(C=O)cc1-n1ncc(C(=O)NC2CCCCC2C)c1N. The molecule has 3 N–H and O–H groups in total. The molecule has 132 valence electrons. The number of nitrogen functional groups attached to an aromatic ring is 1. The van der Waals surface area contributed by atoms with E-state index in [9.17, 15) is 9.59 Å². The molecule has 1 heterocycles. The summed E-state index contributed by atoms with van der Waals surface area (Å²) in [6.45, 7) is 4.08. The number of hydrogen-bond donors (Lipinski definition) is 2. The molecule has 1 aromatic carbocycles. The molecule has 0 bridgehead atoms. The van der Waals surface area contributed by atoms with E-state index < -0.39 is 0 Å². The highest BCUT2D eigenvalue weighted by atomic mass is 16.1. The molecule has 0 saturated heterocycles. The van der Waals surface area contributed by atoms with Crippen LogP contribution in [0.15, 0.2) is 24.4 Å². The van der Waals surface area contributed by atoms with Crippen LogP contribution >= 0.6 is 0 Å². The van der Waals surface area contributed by atoms with Gasteiger partial charge in [0.1, 0.15) is 17.7 Å². The zero-order chi connectivity index (χ0) is 18.0. The Morgan fingerprint density at radius 3 is 2.84 bits per heavy atom. The number of nitrogens with zero attached hydrogens (tertiary/aromatic N) is 2. The predicted octanol–water partition coefficient (Wildman–Crippen LogP) is 2.88.